The van der Waals surface area contributed by atoms with Crippen molar-refractivity contribution in [1.29, 1.82) is 0 Å². The molecule has 0 saturated carbocycles. The number of unbranched alkanes of at least 4 members (excludes halogenated alkanes) is 3. The van der Waals surface area contributed by atoms with Crippen molar-refractivity contribution in [1.82, 2.24) is 0 Å². The molecule has 0 heterocycles. The van der Waals surface area contributed by atoms with Crippen LogP contribution in [0.15, 0.2) is 59.7 Å². The van der Waals surface area contributed by atoms with Crippen molar-refractivity contribution in [2.75, 3.05) is 6.61 Å². The maximum Gasteiger partial charge on any atom is -1.00 e. The average molecular weight is 663 g/mol. The fraction of sp³-hybridized carbons (Fsp3) is 0.529. The maximum atomic E-state index is 5.93. The molecular weight excluding hydrogens is 615 g/mol. The van der Waals surface area contributed by atoms with Crippen LogP contribution in [0.25, 0.3) is 11.6 Å². The van der Waals surface area contributed by atoms with E-state index in [4.69, 9.17) is 4.74 Å². The van der Waals surface area contributed by atoms with Gasteiger partial charge in [-0.05, 0) is 0 Å². The van der Waals surface area contributed by atoms with Gasteiger partial charge < -0.3 is 24.8 Å². The molecule has 0 saturated heterocycles. The molecule has 2 unspecified atom stereocenters. The van der Waals surface area contributed by atoms with Crippen LogP contribution in [-0.2, 0) is 25.1 Å². The molecule has 2 aliphatic rings. The Morgan fingerprint density at radius 1 is 0.846 bits per heavy atom. The second-order valence-electron chi connectivity index (χ2n) is 12.6. The van der Waals surface area contributed by atoms with Gasteiger partial charge in [0.2, 0.25) is 0 Å². The molecule has 0 amide bonds. The topological polar surface area (TPSA) is 9.23 Å². The van der Waals surface area contributed by atoms with E-state index in [9.17, 15) is 0 Å². The van der Waals surface area contributed by atoms with E-state index < -0.39 is 20.4 Å². The summed E-state index contributed by atoms with van der Waals surface area (Å²) in [7, 11) is 0. The molecule has 2 aromatic carbocycles. The molecule has 0 aromatic heterocycles. The first-order valence-electron chi connectivity index (χ1n) is 14.5. The van der Waals surface area contributed by atoms with Crippen molar-refractivity contribution in [3.05, 3.63) is 81.9 Å². The quantitative estimate of drug-likeness (QED) is 0.277. The summed E-state index contributed by atoms with van der Waals surface area (Å²) in [4.78, 5) is 0. The van der Waals surface area contributed by atoms with Crippen molar-refractivity contribution < 1.29 is 49.9 Å². The molecule has 212 valence electrons. The molecule has 0 bridgehead atoms. The Morgan fingerprint density at radius 2 is 1.46 bits per heavy atom. The predicted molar refractivity (Wildman–Crippen MR) is 160 cm³/mol. The van der Waals surface area contributed by atoms with Crippen LogP contribution >= 0.6 is 0 Å². The fourth-order valence-corrected chi connectivity index (χ4v) is 27.4. The van der Waals surface area contributed by atoms with Gasteiger partial charge in [0.25, 0.3) is 0 Å². The molecule has 2 aromatic rings. The number of allylic oxidation sites excluding steroid dienone is 3. The minimum Gasteiger partial charge on any atom is -1.00 e. The molecule has 0 aliphatic heterocycles. The van der Waals surface area contributed by atoms with Crippen LogP contribution in [0.1, 0.15) is 103 Å². The van der Waals surface area contributed by atoms with Gasteiger partial charge in [0, 0.05) is 0 Å². The van der Waals surface area contributed by atoms with Crippen LogP contribution < -0.4 is 24.8 Å². The van der Waals surface area contributed by atoms with Gasteiger partial charge >= 0.3 is 236 Å². The molecule has 0 spiro atoms. The summed E-state index contributed by atoms with van der Waals surface area (Å²) < 4.78 is 7.40. The van der Waals surface area contributed by atoms with E-state index in [0.717, 1.165) is 13.9 Å². The molecule has 0 N–H and O–H groups in total. The van der Waals surface area contributed by atoms with E-state index in [1.165, 1.54) is 37.7 Å². The zero-order chi connectivity index (χ0) is 26.7. The number of ether oxygens (including phenoxy) is 1. The van der Waals surface area contributed by atoms with Crippen LogP contribution in [0.5, 0.6) is 0 Å². The van der Waals surface area contributed by atoms with Crippen LogP contribution in [0.2, 0.25) is 13.1 Å². The van der Waals surface area contributed by atoms with E-state index in [0.29, 0.717) is 5.92 Å². The number of rotatable bonds is 10. The Balaban J connectivity index is 0.00000267. The normalized spacial score (nSPS) is 17.6. The molecule has 2 aliphatic carbocycles. The van der Waals surface area contributed by atoms with Crippen molar-refractivity contribution >= 4 is 17.1 Å². The molecule has 2 atom stereocenters. The van der Waals surface area contributed by atoms with E-state index in [2.05, 4.69) is 109 Å². The predicted octanol–water partition coefficient (Wildman–Crippen LogP) is 3.95. The number of hydrogen-bond acceptors (Lipinski definition) is 1. The van der Waals surface area contributed by atoms with Crippen molar-refractivity contribution in [2.24, 2.45) is 5.92 Å². The van der Waals surface area contributed by atoms with E-state index in [1.807, 2.05) is 0 Å². The molecular formula is C34H48Cl2OSiZr. The van der Waals surface area contributed by atoms with Gasteiger partial charge in [-0.3, -0.25) is 0 Å². The first kappa shape index (κ1) is 34.8. The Hall–Kier alpha value is -0.440. The fourth-order valence-electron chi connectivity index (χ4n) is 6.45. The van der Waals surface area contributed by atoms with E-state index >= 15 is 0 Å². The van der Waals surface area contributed by atoms with Crippen molar-refractivity contribution in [3.8, 4) is 0 Å². The Labute approximate surface area is 259 Å². The SMILES string of the molecule is CC1=C(CCCCCCOC(C)(C)C)c2ccccc2[CH]1[Zr+2]([CH]1C(C(C)C)=Cc2ccccc21)=[Si](C)C.[Cl-].[Cl-]. The van der Waals surface area contributed by atoms with E-state index in [-0.39, 0.29) is 35.8 Å². The van der Waals surface area contributed by atoms with Gasteiger partial charge in [-0.15, -0.1) is 0 Å². The van der Waals surface area contributed by atoms with Crippen LogP contribution in [0, 0.1) is 5.92 Å². The molecule has 39 heavy (non-hydrogen) atoms. The number of halogens is 2. The first-order valence-corrected chi connectivity index (χ1v) is 23.5. The minimum atomic E-state index is -1.99. The van der Waals surface area contributed by atoms with Crippen LogP contribution in [-0.4, -0.2) is 17.6 Å². The van der Waals surface area contributed by atoms with Gasteiger partial charge in [-0.25, -0.2) is 0 Å². The monoisotopic (exact) mass is 660 g/mol. The van der Waals surface area contributed by atoms with E-state index in [1.54, 1.807) is 33.4 Å². The average Bonchev–Trinajstić information content (AvgIpc) is 3.35. The third-order valence-corrected chi connectivity index (χ3v) is 27.7. The third kappa shape index (κ3) is 8.10. The summed E-state index contributed by atoms with van der Waals surface area (Å²) >= 11 is -1.99. The Bertz CT molecular complexity index is 1220. The zero-order valence-corrected chi connectivity index (χ0v) is 30.3. The summed E-state index contributed by atoms with van der Waals surface area (Å²) in [6.45, 7) is 20.0. The second kappa shape index (κ2) is 15.2. The summed E-state index contributed by atoms with van der Waals surface area (Å²) in [5.74, 6) is 0.622. The van der Waals surface area contributed by atoms with Gasteiger partial charge in [0.15, 0.2) is 0 Å². The smallest absolute Gasteiger partial charge is 1.00 e. The van der Waals surface area contributed by atoms with Gasteiger partial charge in [0.1, 0.15) is 0 Å². The summed E-state index contributed by atoms with van der Waals surface area (Å²) in [6, 6.07) is 18.8. The van der Waals surface area contributed by atoms with Gasteiger partial charge in [0.05, 0.1) is 0 Å². The largest absolute Gasteiger partial charge is 1.00 e. The minimum absolute atomic E-state index is 0. The number of hydrogen-bond donors (Lipinski definition) is 0. The first-order chi connectivity index (χ1) is 17.6. The van der Waals surface area contributed by atoms with Crippen LogP contribution in [0.4, 0.5) is 0 Å². The number of fused-ring (bicyclic) bond motifs is 2. The Morgan fingerprint density at radius 3 is 2.10 bits per heavy atom. The molecule has 5 heteroatoms. The molecule has 1 nitrogen and oxygen atoms in total. The van der Waals surface area contributed by atoms with Crippen LogP contribution in [0.3, 0.4) is 0 Å². The summed E-state index contributed by atoms with van der Waals surface area (Å²) in [6.07, 6.45) is 8.85. The molecule has 0 fully saturated rings. The third-order valence-electron chi connectivity index (χ3n) is 8.19. The molecule has 0 radical (unpaired) electrons. The molecule has 4 rings (SSSR count). The maximum absolute atomic E-state index is 5.93. The van der Waals surface area contributed by atoms with Gasteiger partial charge in [-0.2, -0.15) is 0 Å². The Kier molecular flexibility index (Phi) is 13.5. The standard InChI is InChI=1S/C20H29O.C12H13.C2H6Si.2ClH.Zr/c1-16-15-17-11-8-9-13-19(17)18(16)12-7-5-6-10-14-21-20(2,3)4;1-9(2)12-7-10-5-3-4-6-11(10)8-12;1-3-2;;;/h8-9,11,13,15H,5-7,10,12,14H2,1-4H3;3-9H,1-2H3;1-2H3;2*1H;/q;;;;;+2/p-2. The summed E-state index contributed by atoms with van der Waals surface area (Å²) in [5.41, 5.74) is 11.2. The number of benzene rings is 2. The summed E-state index contributed by atoms with van der Waals surface area (Å²) in [5, 5.41) is 0. The second-order valence-corrected chi connectivity index (χ2v) is 30.5. The van der Waals surface area contributed by atoms with Crippen molar-refractivity contribution in [2.45, 2.75) is 99.6 Å². The van der Waals surface area contributed by atoms with Crippen molar-refractivity contribution in [3.63, 3.8) is 0 Å². The van der Waals surface area contributed by atoms with Gasteiger partial charge in [-0.1, -0.05) is 0 Å². The zero-order valence-electron chi connectivity index (χ0n) is 25.3.